The maximum absolute atomic E-state index is 13.3. The monoisotopic (exact) mass is 425 g/mol. The molecule has 3 heterocycles. The summed E-state index contributed by atoms with van der Waals surface area (Å²) in [5.41, 5.74) is 3.30. The van der Waals surface area contributed by atoms with Crippen LogP contribution in [-0.2, 0) is 4.79 Å². The van der Waals surface area contributed by atoms with Crippen molar-refractivity contribution in [3.05, 3.63) is 35.8 Å². The predicted octanol–water partition coefficient (Wildman–Crippen LogP) is 2.35. The lowest BCUT2D eigenvalue weighted by Crippen LogP contribution is -2.44. The molecule has 2 aliphatic rings. The number of rotatable bonds is 5. The molecule has 31 heavy (non-hydrogen) atoms. The molecule has 0 radical (unpaired) electrons. The van der Waals surface area contributed by atoms with E-state index in [0.717, 1.165) is 43.5 Å². The summed E-state index contributed by atoms with van der Waals surface area (Å²) in [4.78, 5) is 24.2. The molecule has 0 aliphatic carbocycles. The molecule has 1 saturated heterocycles. The second-order valence-corrected chi connectivity index (χ2v) is 8.10. The van der Waals surface area contributed by atoms with E-state index >= 15 is 0 Å². The number of carbonyl (C=O) groups is 1. The number of fused-ring (bicyclic) bond motifs is 1. The zero-order valence-electron chi connectivity index (χ0n) is 18.9. The molecule has 1 N–H and O–H groups in total. The Balaban J connectivity index is 1.58. The Bertz CT molecular complexity index is 991. The van der Waals surface area contributed by atoms with E-state index < -0.39 is 0 Å². The summed E-state index contributed by atoms with van der Waals surface area (Å²) in [5, 5.41) is 7.36. The van der Waals surface area contributed by atoms with E-state index in [2.05, 4.69) is 38.3 Å². The summed E-state index contributed by atoms with van der Waals surface area (Å²) in [6, 6.07) is 5.80. The first-order valence-electron chi connectivity index (χ1n) is 10.8. The fraction of sp³-hybridized carbons (Fsp3) is 0.500. The Kier molecular flexibility index (Phi) is 5.86. The van der Waals surface area contributed by atoms with Crippen molar-refractivity contribution in [2.75, 3.05) is 62.0 Å². The average molecular weight is 426 g/mol. The molecule has 0 unspecified atom stereocenters. The van der Waals surface area contributed by atoms with Gasteiger partial charge < -0.3 is 24.8 Å². The van der Waals surface area contributed by atoms with Gasteiger partial charge in [0.1, 0.15) is 12.1 Å². The lowest BCUT2D eigenvalue weighted by atomic mass is 10.0. The van der Waals surface area contributed by atoms with Gasteiger partial charge in [0, 0.05) is 50.7 Å². The molecule has 1 amide bonds. The van der Waals surface area contributed by atoms with Crippen LogP contribution in [0.15, 0.2) is 35.8 Å². The quantitative estimate of drug-likeness (QED) is 0.788. The van der Waals surface area contributed by atoms with Crippen LogP contribution in [0.1, 0.15) is 26.8 Å². The van der Waals surface area contributed by atoms with Crippen molar-refractivity contribution in [2.45, 2.75) is 26.8 Å². The summed E-state index contributed by atoms with van der Waals surface area (Å²) in [6.07, 6.45) is 1.51. The van der Waals surface area contributed by atoms with Crippen LogP contribution in [0.2, 0.25) is 0 Å². The van der Waals surface area contributed by atoms with Gasteiger partial charge in [-0.1, -0.05) is 0 Å². The van der Waals surface area contributed by atoms with Crippen LogP contribution in [0.3, 0.4) is 0 Å². The van der Waals surface area contributed by atoms with Crippen LogP contribution in [0.5, 0.6) is 5.75 Å². The molecule has 166 valence electrons. The van der Waals surface area contributed by atoms with Gasteiger partial charge in [0.2, 0.25) is 5.95 Å². The number of likely N-dealkylation sites (N-methyl/N-ethyl adjacent to an activating group) is 1. The van der Waals surface area contributed by atoms with Crippen LogP contribution in [0.4, 0.5) is 17.3 Å². The smallest absolute Gasteiger partial charge is 0.255 e. The van der Waals surface area contributed by atoms with E-state index in [4.69, 9.17) is 4.74 Å². The Morgan fingerprint density at radius 3 is 2.68 bits per heavy atom. The molecule has 1 atom stereocenters. The van der Waals surface area contributed by atoms with Gasteiger partial charge in [-0.05, 0) is 40.0 Å². The molecule has 0 bridgehead atoms. The van der Waals surface area contributed by atoms with Crippen LogP contribution in [0, 0.1) is 0 Å². The predicted molar refractivity (Wildman–Crippen MR) is 122 cm³/mol. The van der Waals surface area contributed by atoms with Crippen molar-refractivity contribution in [3.63, 3.8) is 0 Å². The lowest BCUT2D eigenvalue weighted by Gasteiger charge is -2.34. The van der Waals surface area contributed by atoms with Gasteiger partial charge in [-0.25, -0.2) is 4.68 Å². The zero-order chi connectivity index (χ0) is 22.1. The molecular weight excluding hydrogens is 394 g/mol. The highest BCUT2D eigenvalue weighted by Gasteiger charge is 2.32. The summed E-state index contributed by atoms with van der Waals surface area (Å²) in [6.45, 7) is 10.4. The zero-order valence-corrected chi connectivity index (χ0v) is 18.9. The number of piperazine rings is 1. The fourth-order valence-electron chi connectivity index (χ4n) is 4.21. The highest BCUT2D eigenvalue weighted by molar-refractivity contribution is 6.06. The topological polar surface area (TPSA) is 78.8 Å². The van der Waals surface area contributed by atoms with E-state index in [1.807, 2.05) is 44.9 Å². The average Bonchev–Trinajstić information content (AvgIpc) is 3.25. The van der Waals surface area contributed by atoms with E-state index in [-0.39, 0.29) is 11.9 Å². The van der Waals surface area contributed by atoms with Crippen LogP contribution in [-0.4, -0.2) is 72.5 Å². The summed E-state index contributed by atoms with van der Waals surface area (Å²) < 4.78 is 7.66. The van der Waals surface area contributed by atoms with E-state index in [0.29, 0.717) is 23.6 Å². The van der Waals surface area contributed by atoms with Crippen molar-refractivity contribution in [3.8, 4) is 5.75 Å². The maximum Gasteiger partial charge on any atom is 0.255 e. The standard InChI is InChI=1S/C22H31N7O2/c1-6-31-19-13-17(28-11-9-26(4)10-12-28)7-8-18(19)25-21(30)20-15(2)27(5)22-23-14-24-29(22)16(20)3/h7-8,13-14,16H,6,9-12H2,1-5H3,(H,25,30)/t16-/m0/s1. The van der Waals surface area contributed by atoms with Gasteiger partial charge in [0.25, 0.3) is 5.91 Å². The van der Waals surface area contributed by atoms with E-state index in [1.54, 1.807) is 4.68 Å². The number of nitrogens with one attached hydrogen (secondary N) is 1. The molecule has 9 nitrogen and oxygen atoms in total. The number of hydrogen-bond acceptors (Lipinski definition) is 7. The Morgan fingerprint density at radius 2 is 1.97 bits per heavy atom. The van der Waals surface area contributed by atoms with Crippen molar-refractivity contribution >= 4 is 23.2 Å². The van der Waals surface area contributed by atoms with Gasteiger partial charge in [-0.15, -0.1) is 0 Å². The van der Waals surface area contributed by atoms with Crippen molar-refractivity contribution < 1.29 is 9.53 Å². The van der Waals surface area contributed by atoms with Crippen LogP contribution >= 0.6 is 0 Å². The minimum atomic E-state index is -0.214. The third kappa shape index (κ3) is 3.97. The number of anilines is 3. The van der Waals surface area contributed by atoms with Crippen molar-refractivity contribution in [2.24, 2.45) is 0 Å². The highest BCUT2D eigenvalue weighted by Crippen LogP contribution is 2.35. The Labute approximate surface area is 183 Å². The van der Waals surface area contributed by atoms with Crippen molar-refractivity contribution in [1.29, 1.82) is 0 Å². The number of aromatic nitrogens is 3. The Hall–Kier alpha value is -3.07. The number of benzene rings is 1. The third-order valence-electron chi connectivity index (χ3n) is 6.16. The summed E-state index contributed by atoms with van der Waals surface area (Å²) in [5.74, 6) is 1.25. The highest BCUT2D eigenvalue weighted by atomic mass is 16.5. The number of amides is 1. The molecule has 2 aliphatic heterocycles. The van der Waals surface area contributed by atoms with Crippen LogP contribution in [0.25, 0.3) is 0 Å². The summed E-state index contributed by atoms with van der Waals surface area (Å²) >= 11 is 0. The van der Waals surface area contributed by atoms with Crippen molar-refractivity contribution in [1.82, 2.24) is 19.7 Å². The SMILES string of the molecule is CCOc1cc(N2CCN(C)CC2)ccc1NC(=O)C1=C(C)N(C)c2ncnn2[C@H]1C. The number of nitrogens with zero attached hydrogens (tertiary/aromatic N) is 6. The van der Waals surface area contributed by atoms with Crippen LogP contribution < -0.4 is 19.9 Å². The number of hydrogen-bond donors (Lipinski definition) is 1. The Morgan fingerprint density at radius 1 is 1.23 bits per heavy atom. The minimum Gasteiger partial charge on any atom is -0.492 e. The number of allylic oxidation sites excluding steroid dienone is 1. The first kappa shape index (κ1) is 21.2. The number of carbonyl (C=O) groups excluding carboxylic acids is 1. The van der Waals surface area contributed by atoms with Gasteiger partial charge in [-0.3, -0.25) is 4.79 Å². The molecule has 4 rings (SSSR count). The molecule has 2 aromatic rings. The minimum absolute atomic E-state index is 0.161. The first-order valence-corrected chi connectivity index (χ1v) is 10.8. The summed E-state index contributed by atoms with van der Waals surface area (Å²) in [7, 11) is 4.04. The lowest BCUT2D eigenvalue weighted by molar-refractivity contribution is -0.113. The van der Waals surface area contributed by atoms with Gasteiger partial charge in [0.05, 0.1) is 23.9 Å². The largest absolute Gasteiger partial charge is 0.492 e. The van der Waals surface area contributed by atoms with Gasteiger partial charge in [0.15, 0.2) is 0 Å². The molecule has 1 fully saturated rings. The second kappa shape index (κ2) is 8.58. The van der Waals surface area contributed by atoms with Gasteiger partial charge in [-0.2, -0.15) is 10.1 Å². The molecule has 0 saturated carbocycles. The van der Waals surface area contributed by atoms with E-state index in [1.165, 1.54) is 6.33 Å². The molecular formula is C22H31N7O2. The second-order valence-electron chi connectivity index (χ2n) is 8.10. The normalized spacial score (nSPS) is 19.5. The third-order valence-corrected chi connectivity index (χ3v) is 6.16. The maximum atomic E-state index is 13.3. The molecule has 9 heteroatoms. The van der Waals surface area contributed by atoms with E-state index in [9.17, 15) is 4.79 Å². The molecule has 1 aromatic carbocycles. The van der Waals surface area contributed by atoms with Gasteiger partial charge >= 0.3 is 0 Å². The fourth-order valence-corrected chi connectivity index (χ4v) is 4.21. The first-order chi connectivity index (χ1) is 14.9. The number of ether oxygens (including phenoxy) is 1. The molecule has 1 aromatic heterocycles. The molecule has 0 spiro atoms.